The molecular weight excluding hydrogens is 365 g/mol. The first-order valence-corrected chi connectivity index (χ1v) is 7.57. The van der Waals surface area contributed by atoms with Gasteiger partial charge in [0.25, 0.3) is 5.91 Å². The zero-order chi connectivity index (χ0) is 13.9. The summed E-state index contributed by atoms with van der Waals surface area (Å²) < 4.78 is 6.82. The Hall–Kier alpha value is -1.56. The van der Waals surface area contributed by atoms with Crippen molar-refractivity contribution in [3.05, 3.63) is 63.2 Å². The first kappa shape index (κ1) is 13.4. The average Bonchev–Trinajstić information content (AvgIpc) is 2.69. The van der Waals surface area contributed by atoms with Gasteiger partial charge in [0.15, 0.2) is 0 Å². The maximum absolute atomic E-state index is 12.5. The smallest absolute Gasteiger partial charge is 0.254 e. The van der Waals surface area contributed by atoms with Crippen molar-refractivity contribution in [1.29, 1.82) is 0 Å². The highest BCUT2D eigenvalue weighted by molar-refractivity contribution is 14.1. The lowest BCUT2D eigenvalue weighted by atomic mass is 10.1. The summed E-state index contributed by atoms with van der Waals surface area (Å²) in [5.41, 5.74) is 1.79. The Morgan fingerprint density at radius 3 is 2.65 bits per heavy atom. The largest absolute Gasteiger partial charge is 0.491 e. The summed E-state index contributed by atoms with van der Waals surface area (Å²) in [5.74, 6) is 0.937. The Labute approximate surface area is 131 Å². The molecule has 1 aliphatic rings. The highest BCUT2D eigenvalue weighted by Gasteiger charge is 2.20. The van der Waals surface area contributed by atoms with Crippen molar-refractivity contribution in [3.63, 3.8) is 0 Å². The SMILES string of the molecule is O=C(c1ccc(I)cc1)N1CCOc2ccccc2C1. The molecule has 2 aromatic carbocycles. The number of benzene rings is 2. The third kappa shape index (κ3) is 2.80. The molecule has 20 heavy (non-hydrogen) atoms. The molecule has 0 saturated heterocycles. The summed E-state index contributed by atoms with van der Waals surface area (Å²) in [6.07, 6.45) is 0. The normalized spacial score (nSPS) is 14.2. The lowest BCUT2D eigenvalue weighted by molar-refractivity contribution is 0.0733. The average molecular weight is 379 g/mol. The van der Waals surface area contributed by atoms with E-state index >= 15 is 0 Å². The fraction of sp³-hybridized carbons (Fsp3) is 0.188. The molecule has 0 radical (unpaired) electrons. The van der Waals surface area contributed by atoms with E-state index in [9.17, 15) is 4.79 Å². The molecule has 0 aromatic heterocycles. The van der Waals surface area contributed by atoms with Gasteiger partial charge in [-0.15, -0.1) is 0 Å². The number of carbonyl (C=O) groups is 1. The van der Waals surface area contributed by atoms with Crippen LogP contribution in [-0.2, 0) is 6.54 Å². The number of para-hydroxylation sites is 1. The number of halogens is 1. The molecule has 3 nitrogen and oxygen atoms in total. The van der Waals surface area contributed by atoms with Crippen LogP contribution in [-0.4, -0.2) is 24.0 Å². The van der Waals surface area contributed by atoms with Gasteiger partial charge in [-0.2, -0.15) is 0 Å². The molecule has 0 atom stereocenters. The quantitative estimate of drug-likeness (QED) is 0.712. The van der Waals surface area contributed by atoms with Gasteiger partial charge >= 0.3 is 0 Å². The minimum absolute atomic E-state index is 0.0571. The number of carbonyl (C=O) groups excluding carboxylic acids is 1. The van der Waals surface area contributed by atoms with Gasteiger partial charge in [0.1, 0.15) is 12.4 Å². The van der Waals surface area contributed by atoms with Crippen LogP contribution in [0.4, 0.5) is 0 Å². The van der Waals surface area contributed by atoms with Gasteiger partial charge in [0, 0.05) is 21.2 Å². The zero-order valence-electron chi connectivity index (χ0n) is 10.9. The lowest BCUT2D eigenvalue weighted by Gasteiger charge is -2.19. The van der Waals surface area contributed by atoms with Crippen molar-refractivity contribution >= 4 is 28.5 Å². The molecule has 1 amide bonds. The van der Waals surface area contributed by atoms with E-state index in [-0.39, 0.29) is 5.91 Å². The van der Waals surface area contributed by atoms with Gasteiger partial charge in [0.2, 0.25) is 0 Å². The van der Waals surface area contributed by atoms with E-state index in [2.05, 4.69) is 22.6 Å². The Morgan fingerprint density at radius 1 is 1.10 bits per heavy atom. The molecule has 4 heteroatoms. The van der Waals surface area contributed by atoms with Crippen LogP contribution in [0.1, 0.15) is 15.9 Å². The van der Waals surface area contributed by atoms with Crippen LogP contribution in [0.2, 0.25) is 0 Å². The topological polar surface area (TPSA) is 29.5 Å². The Kier molecular flexibility index (Phi) is 3.91. The molecular formula is C16H14INO2. The number of nitrogens with zero attached hydrogens (tertiary/aromatic N) is 1. The number of ether oxygens (including phenoxy) is 1. The van der Waals surface area contributed by atoms with Crippen LogP contribution in [0.5, 0.6) is 5.75 Å². The Balaban J connectivity index is 1.84. The number of amides is 1. The van der Waals surface area contributed by atoms with Gasteiger partial charge in [-0.1, -0.05) is 18.2 Å². The number of hydrogen-bond acceptors (Lipinski definition) is 2. The highest BCUT2D eigenvalue weighted by Crippen LogP contribution is 2.23. The second kappa shape index (κ2) is 5.83. The van der Waals surface area contributed by atoms with E-state index in [1.807, 2.05) is 53.4 Å². The van der Waals surface area contributed by atoms with Crippen molar-refractivity contribution in [2.45, 2.75) is 6.54 Å². The van der Waals surface area contributed by atoms with Crippen molar-refractivity contribution in [2.24, 2.45) is 0 Å². The van der Waals surface area contributed by atoms with E-state index < -0.39 is 0 Å². The molecule has 0 spiro atoms. The summed E-state index contributed by atoms with van der Waals surface area (Å²) in [4.78, 5) is 14.4. The molecule has 0 saturated carbocycles. The Bertz CT molecular complexity index is 625. The van der Waals surface area contributed by atoms with Crippen molar-refractivity contribution in [2.75, 3.05) is 13.2 Å². The molecule has 1 aliphatic heterocycles. The fourth-order valence-corrected chi connectivity index (χ4v) is 2.63. The first-order valence-electron chi connectivity index (χ1n) is 6.49. The molecule has 0 aliphatic carbocycles. The third-order valence-corrected chi connectivity index (χ3v) is 4.05. The van der Waals surface area contributed by atoms with Gasteiger partial charge in [-0.3, -0.25) is 4.79 Å². The molecule has 0 fully saturated rings. The third-order valence-electron chi connectivity index (χ3n) is 3.33. The van der Waals surface area contributed by atoms with Gasteiger partial charge in [-0.25, -0.2) is 0 Å². The molecule has 3 rings (SSSR count). The standard InChI is InChI=1S/C16H14INO2/c17-14-7-5-12(6-8-14)16(19)18-9-10-20-15-4-2-1-3-13(15)11-18/h1-8H,9-11H2. The first-order chi connectivity index (χ1) is 9.74. The zero-order valence-corrected chi connectivity index (χ0v) is 13.0. The van der Waals surface area contributed by atoms with Gasteiger partial charge in [0.05, 0.1) is 6.54 Å². The molecule has 1 heterocycles. The minimum Gasteiger partial charge on any atom is -0.491 e. The predicted octanol–water partition coefficient (Wildman–Crippen LogP) is 3.33. The predicted molar refractivity (Wildman–Crippen MR) is 85.8 cm³/mol. The minimum atomic E-state index is 0.0571. The van der Waals surface area contributed by atoms with Crippen LogP contribution >= 0.6 is 22.6 Å². The summed E-state index contributed by atoms with van der Waals surface area (Å²) >= 11 is 2.24. The molecule has 2 aromatic rings. The van der Waals surface area contributed by atoms with Crippen molar-refractivity contribution in [1.82, 2.24) is 4.90 Å². The summed E-state index contributed by atoms with van der Waals surface area (Å²) in [6.45, 7) is 1.74. The number of hydrogen-bond donors (Lipinski definition) is 0. The molecule has 0 N–H and O–H groups in total. The fourth-order valence-electron chi connectivity index (χ4n) is 2.27. The summed E-state index contributed by atoms with van der Waals surface area (Å²) in [7, 11) is 0. The maximum Gasteiger partial charge on any atom is 0.254 e. The molecule has 0 unspecified atom stereocenters. The van der Waals surface area contributed by atoms with E-state index in [0.29, 0.717) is 19.7 Å². The second-order valence-corrected chi connectivity index (χ2v) is 5.94. The van der Waals surface area contributed by atoms with Crippen LogP contribution in [0.25, 0.3) is 0 Å². The van der Waals surface area contributed by atoms with Crippen LogP contribution in [0, 0.1) is 3.57 Å². The van der Waals surface area contributed by atoms with Crippen molar-refractivity contribution < 1.29 is 9.53 Å². The van der Waals surface area contributed by atoms with Crippen LogP contribution < -0.4 is 4.74 Å². The van der Waals surface area contributed by atoms with E-state index in [4.69, 9.17) is 4.74 Å². The summed E-state index contributed by atoms with van der Waals surface area (Å²) in [6, 6.07) is 15.6. The summed E-state index contributed by atoms with van der Waals surface area (Å²) in [5, 5.41) is 0. The number of rotatable bonds is 1. The Morgan fingerprint density at radius 2 is 1.85 bits per heavy atom. The maximum atomic E-state index is 12.5. The van der Waals surface area contributed by atoms with Crippen molar-refractivity contribution in [3.8, 4) is 5.75 Å². The lowest BCUT2D eigenvalue weighted by Crippen LogP contribution is -2.32. The molecule has 102 valence electrons. The number of fused-ring (bicyclic) bond motifs is 1. The second-order valence-electron chi connectivity index (χ2n) is 4.69. The van der Waals surface area contributed by atoms with Gasteiger partial charge in [-0.05, 0) is 52.9 Å². The van der Waals surface area contributed by atoms with Crippen LogP contribution in [0.3, 0.4) is 0 Å². The van der Waals surface area contributed by atoms with E-state index in [0.717, 1.165) is 20.4 Å². The monoisotopic (exact) mass is 379 g/mol. The van der Waals surface area contributed by atoms with E-state index in [1.165, 1.54) is 0 Å². The van der Waals surface area contributed by atoms with Gasteiger partial charge < -0.3 is 9.64 Å². The molecule has 0 bridgehead atoms. The highest BCUT2D eigenvalue weighted by atomic mass is 127. The van der Waals surface area contributed by atoms with E-state index in [1.54, 1.807) is 0 Å². The van der Waals surface area contributed by atoms with Crippen LogP contribution in [0.15, 0.2) is 48.5 Å².